The third-order valence-corrected chi connectivity index (χ3v) is 4.75. The lowest BCUT2D eigenvalue weighted by Crippen LogP contribution is -2.41. The Labute approximate surface area is 123 Å². The second kappa shape index (κ2) is 5.92. The first-order valence-corrected chi connectivity index (χ1v) is 7.68. The highest BCUT2D eigenvalue weighted by Crippen LogP contribution is 2.26. The van der Waals surface area contributed by atoms with Crippen LogP contribution in [0.3, 0.4) is 0 Å². The third kappa shape index (κ3) is 3.27. The largest absolute Gasteiger partial charge is 0.337 e. The van der Waals surface area contributed by atoms with E-state index in [1.165, 1.54) is 12.1 Å². The molecule has 0 saturated carbocycles. The molecule has 1 unspecified atom stereocenters. The predicted molar refractivity (Wildman–Crippen MR) is 78.6 cm³/mol. The summed E-state index contributed by atoms with van der Waals surface area (Å²) in [5.74, 6) is 0.752. The zero-order chi connectivity index (χ0) is 14.0. The van der Waals surface area contributed by atoms with E-state index in [1.54, 1.807) is 11.0 Å². The van der Waals surface area contributed by atoms with Crippen molar-refractivity contribution in [3.63, 3.8) is 0 Å². The zero-order valence-electron chi connectivity index (χ0n) is 10.3. The van der Waals surface area contributed by atoms with Gasteiger partial charge in [-0.1, -0.05) is 6.92 Å². The summed E-state index contributed by atoms with van der Waals surface area (Å²) >= 11 is 5.12. The summed E-state index contributed by atoms with van der Waals surface area (Å²) in [6, 6.07) is 4.27. The molecule has 1 aliphatic heterocycles. The smallest absolute Gasteiger partial charge is 0.270 e. The van der Waals surface area contributed by atoms with Crippen molar-refractivity contribution in [2.45, 2.75) is 12.2 Å². The first kappa shape index (κ1) is 14.3. The molecule has 1 amide bonds. The summed E-state index contributed by atoms with van der Waals surface area (Å²) in [5, 5.41) is 11.2. The highest BCUT2D eigenvalue weighted by molar-refractivity contribution is 9.10. The Balaban J connectivity index is 2.27. The maximum Gasteiger partial charge on any atom is 0.270 e. The van der Waals surface area contributed by atoms with E-state index in [0.29, 0.717) is 28.4 Å². The minimum atomic E-state index is -0.488. The predicted octanol–water partition coefficient (Wildman–Crippen LogP) is 2.93. The van der Waals surface area contributed by atoms with Crippen LogP contribution < -0.4 is 0 Å². The van der Waals surface area contributed by atoms with Crippen LogP contribution in [-0.2, 0) is 0 Å². The van der Waals surface area contributed by atoms with Gasteiger partial charge in [-0.05, 0) is 22.0 Å². The van der Waals surface area contributed by atoms with Gasteiger partial charge in [0.25, 0.3) is 11.6 Å². The molecular weight excluding hydrogens is 332 g/mol. The zero-order valence-corrected chi connectivity index (χ0v) is 12.7. The molecule has 0 radical (unpaired) electrons. The van der Waals surface area contributed by atoms with Gasteiger partial charge in [0, 0.05) is 40.7 Å². The topological polar surface area (TPSA) is 63.5 Å². The number of non-ortho nitro benzene ring substituents is 1. The van der Waals surface area contributed by atoms with Gasteiger partial charge in [-0.2, -0.15) is 11.8 Å². The molecule has 19 heavy (non-hydrogen) atoms. The molecule has 2 rings (SSSR count). The molecule has 102 valence electrons. The van der Waals surface area contributed by atoms with E-state index >= 15 is 0 Å². The van der Waals surface area contributed by atoms with E-state index < -0.39 is 4.92 Å². The molecule has 0 aromatic heterocycles. The summed E-state index contributed by atoms with van der Waals surface area (Å²) in [6.45, 7) is 3.44. The molecular formula is C12H13BrN2O3S. The van der Waals surface area contributed by atoms with Crippen molar-refractivity contribution in [3.8, 4) is 0 Å². The van der Waals surface area contributed by atoms with Gasteiger partial charge in [0.15, 0.2) is 0 Å². The van der Waals surface area contributed by atoms with E-state index in [9.17, 15) is 14.9 Å². The number of carbonyl (C=O) groups is 1. The number of halogens is 1. The van der Waals surface area contributed by atoms with E-state index in [0.717, 1.165) is 5.75 Å². The summed E-state index contributed by atoms with van der Waals surface area (Å²) in [6.07, 6.45) is 0. The second-order valence-corrected chi connectivity index (χ2v) is 6.75. The lowest BCUT2D eigenvalue weighted by molar-refractivity contribution is -0.384. The number of thioether (sulfide) groups is 1. The van der Waals surface area contributed by atoms with Crippen molar-refractivity contribution < 1.29 is 9.72 Å². The molecule has 0 spiro atoms. The van der Waals surface area contributed by atoms with Gasteiger partial charge < -0.3 is 4.90 Å². The fourth-order valence-electron chi connectivity index (χ4n) is 1.96. The molecule has 1 fully saturated rings. The van der Waals surface area contributed by atoms with Crippen LogP contribution in [0.2, 0.25) is 0 Å². The van der Waals surface area contributed by atoms with Crippen molar-refractivity contribution in [1.82, 2.24) is 4.90 Å². The Morgan fingerprint density at radius 1 is 1.58 bits per heavy atom. The molecule has 1 atom stereocenters. The average molecular weight is 345 g/mol. The first-order valence-electron chi connectivity index (χ1n) is 5.84. The first-order chi connectivity index (χ1) is 8.99. The Morgan fingerprint density at radius 2 is 2.32 bits per heavy atom. The Morgan fingerprint density at radius 3 is 2.95 bits per heavy atom. The van der Waals surface area contributed by atoms with Crippen molar-refractivity contribution in [2.24, 2.45) is 0 Å². The van der Waals surface area contributed by atoms with Crippen LogP contribution in [0.5, 0.6) is 0 Å². The number of nitro benzene ring substituents is 1. The number of hydrogen-bond donors (Lipinski definition) is 0. The second-order valence-electron chi connectivity index (χ2n) is 4.35. The molecule has 1 aromatic carbocycles. The number of benzene rings is 1. The number of hydrogen-bond acceptors (Lipinski definition) is 4. The third-order valence-electron chi connectivity index (χ3n) is 2.92. The monoisotopic (exact) mass is 344 g/mol. The Bertz CT molecular complexity index is 524. The van der Waals surface area contributed by atoms with Crippen LogP contribution in [0.4, 0.5) is 5.69 Å². The fraction of sp³-hybridized carbons (Fsp3) is 0.417. The van der Waals surface area contributed by atoms with Gasteiger partial charge in [0.2, 0.25) is 0 Å². The van der Waals surface area contributed by atoms with Gasteiger partial charge in [-0.3, -0.25) is 14.9 Å². The number of carbonyl (C=O) groups excluding carboxylic acids is 1. The lowest BCUT2D eigenvalue weighted by Gasteiger charge is -2.30. The lowest BCUT2D eigenvalue weighted by atomic mass is 10.1. The van der Waals surface area contributed by atoms with Crippen LogP contribution >= 0.6 is 27.7 Å². The number of nitrogens with zero attached hydrogens (tertiary/aromatic N) is 2. The maximum atomic E-state index is 12.4. The molecule has 0 aliphatic carbocycles. The molecule has 1 aromatic rings. The van der Waals surface area contributed by atoms with Crippen LogP contribution in [0.15, 0.2) is 22.7 Å². The molecule has 5 nitrogen and oxygen atoms in total. The Kier molecular flexibility index (Phi) is 4.46. The van der Waals surface area contributed by atoms with E-state index in [2.05, 4.69) is 22.9 Å². The van der Waals surface area contributed by atoms with Gasteiger partial charge >= 0.3 is 0 Å². The van der Waals surface area contributed by atoms with Gasteiger partial charge in [0.05, 0.1) is 10.5 Å². The highest BCUT2D eigenvalue weighted by atomic mass is 79.9. The van der Waals surface area contributed by atoms with Crippen molar-refractivity contribution in [2.75, 3.05) is 18.8 Å². The van der Waals surface area contributed by atoms with Gasteiger partial charge in [-0.15, -0.1) is 0 Å². The van der Waals surface area contributed by atoms with Crippen LogP contribution in [0, 0.1) is 10.1 Å². The van der Waals surface area contributed by atoms with Crippen LogP contribution in [-0.4, -0.2) is 39.8 Å². The molecule has 1 heterocycles. The van der Waals surface area contributed by atoms with Crippen molar-refractivity contribution in [3.05, 3.63) is 38.3 Å². The van der Waals surface area contributed by atoms with Crippen LogP contribution in [0.25, 0.3) is 0 Å². The van der Waals surface area contributed by atoms with E-state index in [1.807, 2.05) is 11.8 Å². The molecule has 7 heteroatoms. The molecule has 1 aliphatic rings. The normalized spacial score (nSPS) is 19.3. The maximum absolute atomic E-state index is 12.4. The van der Waals surface area contributed by atoms with Crippen molar-refractivity contribution >= 4 is 39.3 Å². The summed E-state index contributed by atoms with van der Waals surface area (Å²) in [4.78, 5) is 24.4. The Hall–Kier alpha value is -1.08. The molecule has 0 bridgehead atoms. The quantitative estimate of drug-likeness (QED) is 0.611. The summed E-state index contributed by atoms with van der Waals surface area (Å²) in [5.41, 5.74) is 0.291. The minimum absolute atomic E-state index is 0.0639. The van der Waals surface area contributed by atoms with Crippen LogP contribution in [0.1, 0.15) is 17.3 Å². The summed E-state index contributed by atoms with van der Waals surface area (Å²) in [7, 11) is 0. The minimum Gasteiger partial charge on any atom is -0.337 e. The number of amides is 1. The van der Waals surface area contributed by atoms with E-state index in [-0.39, 0.29) is 11.6 Å². The molecule has 1 saturated heterocycles. The van der Waals surface area contributed by atoms with E-state index in [4.69, 9.17) is 0 Å². The summed E-state index contributed by atoms with van der Waals surface area (Å²) < 4.78 is 0.592. The van der Waals surface area contributed by atoms with Gasteiger partial charge in [-0.25, -0.2) is 0 Å². The average Bonchev–Trinajstić information content (AvgIpc) is 2.38. The van der Waals surface area contributed by atoms with Gasteiger partial charge in [0.1, 0.15) is 0 Å². The highest BCUT2D eigenvalue weighted by Gasteiger charge is 2.25. The fourth-order valence-corrected chi connectivity index (χ4v) is 3.39. The number of nitro groups is 1. The molecule has 0 N–H and O–H groups in total. The standard InChI is InChI=1S/C12H13BrN2O3S/c1-8-7-14(4-5-19-8)12(16)10-6-9(15(17)18)2-3-11(10)13/h2-3,6,8H,4-5,7H2,1H3. The van der Waals surface area contributed by atoms with Crippen molar-refractivity contribution in [1.29, 1.82) is 0 Å². The number of rotatable bonds is 2. The SMILES string of the molecule is CC1CN(C(=O)c2cc([N+](=O)[O-])ccc2Br)CCS1.